The molecule has 0 saturated heterocycles. The summed E-state index contributed by atoms with van der Waals surface area (Å²) in [5, 5.41) is 10.4. The highest BCUT2D eigenvalue weighted by molar-refractivity contribution is 5.91. The molecule has 0 amide bonds. The van der Waals surface area contributed by atoms with Gasteiger partial charge in [0.05, 0.1) is 0 Å². The van der Waals surface area contributed by atoms with Crippen LogP contribution in [-0.2, 0) is 6.42 Å². The topological polar surface area (TPSA) is 23.5 Å². The Morgan fingerprint density at radius 2 is 1.86 bits per heavy atom. The highest BCUT2D eigenvalue weighted by Gasteiger charge is 2.26. The Hall–Kier alpha value is -2.48. The number of benzene rings is 2. The van der Waals surface area contributed by atoms with Crippen molar-refractivity contribution < 1.29 is 5.11 Å². The minimum atomic E-state index is 0.379. The molecule has 2 aromatic rings. The van der Waals surface area contributed by atoms with Crippen molar-refractivity contribution in [3.05, 3.63) is 76.6 Å². The number of fused-ring (bicyclic) bond motifs is 4. The maximum absolute atomic E-state index is 10.4. The second kappa shape index (κ2) is 4.52. The summed E-state index contributed by atoms with van der Waals surface area (Å²) < 4.78 is 0. The van der Waals surface area contributed by atoms with Gasteiger partial charge in [-0.15, -0.1) is 0 Å². The number of allylic oxidation sites excluding steroid dienone is 1. The van der Waals surface area contributed by atoms with E-state index in [1.165, 1.54) is 28.0 Å². The van der Waals surface area contributed by atoms with Gasteiger partial charge in [0.25, 0.3) is 0 Å². The Morgan fingerprint density at radius 1 is 1.00 bits per heavy atom. The van der Waals surface area contributed by atoms with E-state index >= 15 is 0 Å². The van der Waals surface area contributed by atoms with Crippen LogP contribution in [0.5, 0.6) is 5.75 Å². The Kier molecular flexibility index (Phi) is 2.64. The SMILES string of the molecule is CN1C=Cc2ccccc2C2=C1CCc1cccc(O)c12. The van der Waals surface area contributed by atoms with Gasteiger partial charge in [-0.3, -0.25) is 0 Å². The van der Waals surface area contributed by atoms with Crippen LogP contribution in [0.25, 0.3) is 11.6 Å². The van der Waals surface area contributed by atoms with E-state index < -0.39 is 0 Å². The van der Waals surface area contributed by atoms with Crippen LogP contribution in [0.2, 0.25) is 0 Å². The number of hydrogen-bond donors (Lipinski definition) is 1. The molecule has 0 saturated carbocycles. The van der Waals surface area contributed by atoms with Crippen molar-refractivity contribution in [1.29, 1.82) is 0 Å². The lowest BCUT2D eigenvalue weighted by molar-refractivity contribution is 0.470. The van der Waals surface area contributed by atoms with E-state index in [1.54, 1.807) is 6.07 Å². The van der Waals surface area contributed by atoms with Crippen LogP contribution in [0.4, 0.5) is 0 Å². The lowest BCUT2D eigenvalue weighted by atomic mass is 9.83. The van der Waals surface area contributed by atoms with Crippen molar-refractivity contribution in [3.8, 4) is 5.75 Å². The molecular formula is C19H17NO. The second-order valence-electron chi connectivity index (χ2n) is 5.65. The quantitative estimate of drug-likeness (QED) is 0.785. The maximum atomic E-state index is 10.4. The van der Waals surface area contributed by atoms with Crippen molar-refractivity contribution in [1.82, 2.24) is 4.90 Å². The van der Waals surface area contributed by atoms with Gasteiger partial charge in [-0.05, 0) is 41.7 Å². The largest absolute Gasteiger partial charge is 0.507 e. The first-order valence-corrected chi connectivity index (χ1v) is 7.30. The summed E-state index contributed by atoms with van der Waals surface area (Å²) in [6, 6.07) is 14.2. The molecule has 1 aliphatic carbocycles. The first-order chi connectivity index (χ1) is 10.3. The second-order valence-corrected chi connectivity index (χ2v) is 5.65. The molecule has 104 valence electrons. The fraction of sp³-hybridized carbons (Fsp3) is 0.158. The molecule has 0 fully saturated rings. The molecular weight excluding hydrogens is 258 g/mol. The van der Waals surface area contributed by atoms with Gasteiger partial charge in [-0.2, -0.15) is 0 Å². The molecule has 1 N–H and O–H groups in total. The van der Waals surface area contributed by atoms with Crippen molar-refractivity contribution in [3.63, 3.8) is 0 Å². The molecule has 4 rings (SSSR count). The molecule has 0 spiro atoms. The van der Waals surface area contributed by atoms with Crippen LogP contribution in [-0.4, -0.2) is 17.1 Å². The van der Waals surface area contributed by atoms with E-state index in [1.807, 2.05) is 6.07 Å². The van der Waals surface area contributed by atoms with Gasteiger partial charge in [-0.1, -0.05) is 36.4 Å². The molecule has 1 heterocycles. The first kappa shape index (κ1) is 12.3. The van der Waals surface area contributed by atoms with E-state index in [0.29, 0.717) is 5.75 Å². The van der Waals surface area contributed by atoms with E-state index in [-0.39, 0.29) is 0 Å². The lowest BCUT2D eigenvalue weighted by Gasteiger charge is -2.28. The standard InChI is InChI=1S/C19H17NO/c1-20-12-11-13-5-2-3-7-15(13)19-16(20)10-9-14-6-4-8-17(21)18(14)19/h2-8,11-12,21H,9-10H2,1H3. The highest BCUT2D eigenvalue weighted by Crippen LogP contribution is 2.43. The zero-order valence-corrected chi connectivity index (χ0v) is 12.0. The van der Waals surface area contributed by atoms with Crippen LogP contribution in [0.1, 0.15) is 28.7 Å². The molecule has 0 aromatic heterocycles. The maximum Gasteiger partial charge on any atom is 0.123 e. The Labute approximate surface area is 124 Å². The highest BCUT2D eigenvalue weighted by atomic mass is 16.3. The summed E-state index contributed by atoms with van der Waals surface area (Å²) >= 11 is 0. The fourth-order valence-corrected chi connectivity index (χ4v) is 3.40. The third-order valence-corrected chi connectivity index (χ3v) is 4.43. The van der Waals surface area contributed by atoms with Crippen LogP contribution < -0.4 is 0 Å². The van der Waals surface area contributed by atoms with E-state index in [9.17, 15) is 5.11 Å². The number of aryl methyl sites for hydroxylation is 1. The molecule has 0 unspecified atom stereocenters. The third-order valence-electron chi connectivity index (χ3n) is 4.43. The Balaban J connectivity index is 2.08. The summed E-state index contributed by atoms with van der Waals surface area (Å²) in [5.41, 5.74) is 7.10. The molecule has 21 heavy (non-hydrogen) atoms. The number of nitrogens with zero attached hydrogens (tertiary/aromatic N) is 1. The van der Waals surface area contributed by atoms with Crippen molar-refractivity contribution in [2.45, 2.75) is 12.8 Å². The number of hydrogen-bond acceptors (Lipinski definition) is 2. The van der Waals surface area contributed by atoms with E-state index in [4.69, 9.17) is 0 Å². The summed E-state index contributed by atoms with van der Waals surface area (Å²) in [6.45, 7) is 0. The minimum absolute atomic E-state index is 0.379. The van der Waals surface area contributed by atoms with Gasteiger partial charge in [0.15, 0.2) is 0 Å². The molecule has 0 bridgehead atoms. The fourth-order valence-electron chi connectivity index (χ4n) is 3.40. The smallest absolute Gasteiger partial charge is 0.123 e. The zero-order valence-electron chi connectivity index (χ0n) is 12.0. The van der Waals surface area contributed by atoms with Crippen molar-refractivity contribution >= 4 is 11.6 Å². The Bertz CT molecular complexity index is 786. The van der Waals surface area contributed by atoms with Gasteiger partial charge >= 0.3 is 0 Å². The summed E-state index contributed by atoms with van der Waals surface area (Å²) in [4.78, 5) is 2.19. The number of rotatable bonds is 0. The Morgan fingerprint density at radius 3 is 2.76 bits per heavy atom. The summed E-state index contributed by atoms with van der Waals surface area (Å²) in [6.07, 6.45) is 6.24. The van der Waals surface area contributed by atoms with E-state index in [2.05, 4.69) is 54.6 Å². The average Bonchev–Trinajstić information content (AvgIpc) is 2.65. The minimum Gasteiger partial charge on any atom is -0.507 e. The van der Waals surface area contributed by atoms with Crippen LogP contribution in [0.15, 0.2) is 54.4 Å². The molecule has 0 radical (unpaired) electrons. The summed E-state index contributed by atoms with van der Waals surface area (Å²) in [5.74, 6) is 0.379. The van der Waals surface area contributed by atoms with Crippen LogP contribution in [0, 0.1) is 0 Å². The molecule has 1 aliphatic heterocycles. The predicted octanol–water partition coefficient (Wildman–Crippen LogP) is 4.01. The van der Waals surface area contributed by atoms with Crippen LogP contribution >= 0.6 is 0 Å². The first-order valence-electron chi connectivity index (χ1n) is 7.30. The van der Waals surface area contributed by atoms with Gasteiger partial charge in [0, 0.05) is 30.1 Å². The monoisotopic (exact) mass is 275 g/mol. The molecule has 2 aliphatic rings. The third kappa shape index (κ3) is 1.79. The van der Waals surface area contributed by atoms with Gasteiger partial charge in [0.1, 0.15) is 5.75 Å². The molecule has 2 heteroatoms. The number of aromatic hydroxyl groups is 1. The van der Waals surface area contributed by atoms with Gasteiger partial charge < -0.3 is 10.0 Å². The number of phenols is 1. The van der Waals surface area contributed by atoms with E-state index in [0.717, 1.165) is 18.4 Å². The number of phenolic OH excluding ortho intramolecular Hbond substituents is 1. The van der Waals surface area contributed by atoms with Crippen LogP contribution in [0.3, 0.4) is 0 Å². The predicted molar refractivity (Wildman–Crippen MR) is 85.7 cm³/mol. The molecule has 2 aromatic carbocycles. The zero-order chi connectivity index (χ0) is 14.4. The molecule has 2 nitrogen and oxygen atoms in total. The average molecular weight is 275 g/mol. The normalized spacial score (nSPS) is 16.1. The summed E-state index contributed by atoms with van der Waals surface area (Å²) in [7, 11) is 2.09. The molecule has 0 atom stereocenters. The van der Waals surface area contributed by atoms with Gasteiger partial charge in [0.2, 0.25) is 0 Å². The lowest BCUT2D eigenvalue weighted by Crippen LogP contribution is -2.17. The van der Waals surface area contributed by atoms with Gasteiger partial charge in [-0.25, -0.2) is 0 Å². The van der Waals surface area contributed by atoms with Crippen molar-refractivity contribution in [2.75, 3.05) is 7.05 Å². The van der Waals surface area contributed by atoms with Crippen molar-refractivity contribution in [2.24, 2.45) is 0 Å².